The van der Waals surface area contributed by atoms with Crippen LogP contribution in [0.2, 0.25) is 0 Å². The van der Waals surface area contributed by atoms with Crippen molar-refractivity contribution in [1.82, 2.24) is 4.98 Å². The average molecular weight is 457 g/mol. The minimum Gasteiger partial charge on any atom is -0.507 e. The highest BCUT2D eigenvalue weighted by molar-refractivity contribution is 7.22. The van der Waals surface area contributed by atoms with E-state index in [0.717, 1.165) is 15.8 Å². The van der Waals surface area contributed by atoms with E-state index in [0.29, 0.717) is 22.0 Å². The van der Waals surface area contributed by atoms with Crippen molar-refractivity contribution in [3.63, 3.8) is 0 Å². The molecule has 6 nitrogen and oxygen atoms in total. The Morgan fingerprint density at radius 3 is 2.45 bits per heavy atom. The molecule has 2 heterocycles. The van der Waals surface area contributed by atoms with Crippen LogP contribution in [0.4, 0.5) is 5.13 Å². The molecule has 1 unspecified atom stereocenters. The molecule has 1 amide bonds. The summed E-state index contributed by atoms with van der Waals surface area (Å²) in [5, 5.41) is 11.6. The highest BCUT2D eigenvalue weighted by Crippen LogP contribution is 2.44. The summed E-state index contributed by atoms with van der Waals surface area (Å²) in [6, 6.07) is 21.0. The summed E-state index contributed by atoms with van der Waals surface area (Å²) in [4.78, 5) is 32.5. The van der Waals surface area contributed by atoms with Crippen LogP contribution < -0.4 is 9.64 Å². The van der Waals surface area contributed by atoms with Gasteiger partial charge in [-0.05, 0) is 54.4 Å². The summed E-state index contributed by atoms with van der Waals surface area (Å²) in [5.74, 6) is -1.07. The second kappa shape index (κ2) is 8.18. The van der Waals surface area contributed by atoms with Crippen LogP contribution >= 0.6 is 11.3 Å². The molecule has 5 rings (SSSR count). The first-order valence-electron chi connectivity index (χ1n) is 10.4. The van der Waals surface area contributed by atoms with Crippen molar-refractivity contribution in [3.8, 4) is 5.75 Å². The summed E-state index contributed by atoms with van der Waals surface area (Å²) in [6.07, 6.45) is 0. The number of benzene rings is 3. The van der Waals surface area contributed by atoms with Crippen LogP contribution in [0.5, 0.6) is 5.75 Å². The maximum atomic E-state index is 13.3. The number of aliphatic hydroxyl groups is 1. The minimum atomic E-state index is -0.796. The molecule has 0 radical (unpaired) electrons. The zero-order chi connectivity index (χ0) is 23.1. The Morgan fingerprint density at radius 2 is 1.76 bits per heavy atom. The van der Waals surface area contributed by atoms with Crippen LogP contribution in [-0.2, 0) is 9.59 Å². The molecule has 3 aromatic carbocycles. The number of Topliss-reactive ketones (excluding diaryl/α,β-unsaturated/α-hetero) is 1. The molecular formula is C26H20N2O4S. The van der Waals surface area contributed by atoms with Gasteiger partial charge in [-0.1, -0.05) is 47.7 Å². The Balaban J connectivity index is 1.70. The van der Waals surface area contributed by atoms with E-state index in [2.05, 4.69) is 4.98 Å². The van der Waals surface area contributed by atoms with Crippen LogP contribution in [-0.4, -0.2) is 28.9 Å². The van der Waals surface area contributed by atoms with Crippen molar-refractivity contribution >= 4 is 44.1 Å². The first-order valence-corrected chi connectivity index (χ1v) is 11.2. The van der Waals surface area contributed by atoms with Crippen molar-refractivity contribution in [2.75, 3.05) is 12.0 Å². The van der Waals surface area contributed by atoms with Gasteiger partial charge in [-0.15, -0.1) is 0 Å². The van der Waals surface area contributed by atoms with E-state index < -0.39 is 17.7 Å². The molecular weight excluding hydrogens is 436 g/mol. The number of aryl methyl sites for hydroxylation is 1. The van der Waals surface area contributed by atoms with Crippen molar-refractivity contribution in [2.24, 2.45) is 0 Å². The van der Waals surface area contributed by atoms with Crippen LogP contribution in [0.15, 0.2) is 78.4 Å². The number of carbonyl (C=O) groups is 2. The fourth-order valence-electron chi connectivity index (χ4n) is 4.01. The first kappa shape index (κ1) is 20.9. The molecule has 1 atom stereocenters. The van der Waals surface area contributed by atoms with Gasteiger partial charge < -0.3 is 9.84 Å². The molecule has 33 heavy (non-hydrogen) atoms. The lowest BCUT2D eigenvalue weighted by Crippen LogP contribution is -2.29. The quantitative estimate of drug-likeness (QED) is 0.258. The van der Waals surface area contributed by atoms with Gasteiger partial charge in [-0.25, -0.2) is 4.98 Å². The highest BCUT2D eigenvalue weighted by Gasteiger charge is 2.48. The average Bonchev–Trinajstić information content (AvgIpc) is 3.37. The van der Waals surface area contributed by atoms with Gasteiger partial charge in [-0.3, -0.25) is 14.5 Å². The van der Waals surface area contributed by atoms with E-state index in [1.165, 1.54) is 16.2 Å². The van der Waals surface area contributed by atoms with Crippen LogP contribution in [0.1, 0.15) is 22.7 Å². The number of aliphatic hydroxyl groups excluding tert-OH is 1. The molecule has 164 valence electrons. The zero-order valence-electron chi connectivity index (χ0n) is 18.0. The molecule has 4 aromatic rings. The minimum absolute atomic E-state index is 0.0341. The lowest BCUT2D eigenvalue weighted by molar-refractivity contribution is -0.132. The van der Waals surface area contributed by atoms with Gasteiger partial charge in [0.05, 0.1) is 28.9 Å². The molecule has 0 bridgehead atoms. The first-order chi connectivity index (χ1) is 16.0. The van der Waals surface area contributed by atoms with E-state index in [-0.39, 0.29) is 11.3 Å². The zero-order valence-corrected chi connectivity index (χ0v) is 18.8. The van der Waals surface area contributed by atoms with Gasteiger partial charge in [0, 0.05) is 5.56 Å². The van der Waals surface area contributed by atoms with E-state index in [4.69, 9.17) is 4.74 Å². The van der Waals surface area contributed by atoms with Gasteiger partial charge in [0.1, 0.15) is 11.5 Å². The largest absolute Gasteiger partial charge is 0.507 e. The van der Waals surface area contributed by atoms with Gasteiger partial charge >= 0.3 is 5.91 Å². The lowest BCUT2D eigenvalue weighted by atomic mass is 9.95. The summed E-state index contributed by atoms with van der Waals surface area (Å²) in [5.41, 5.74) is 3.01. The maximum absolute atomic E-state index is 13.3. The summed E-state index contributed by atoms with van der Waals surface area (Å²) in [6.45, 7) is 1.99. The number of amides is 1. The maximum Gasteiger partial charge on any atom is 0.301 e. The smallest absolute Gasteiger partial charge is 0.301 e. The number of carbonyl (C=O) groups excluding carboxylic acids is 2. The molecule has 1 aliphatic rings. The Labute approximate surface area is 194 Å². The van der Waals surface area contributed by atoms with Gasteiger partial charge in [0.15, 0.2) is 5.13 Å². The van der Waals surface area contributed by atoms with E-state index in [1.807, 2.05) is 55.5 Å². The van der Waals surface area contributed by atoms with Crippen molar-refractivity contribution in [2.45, 2.75) is 13.0 Å². The Kier molecular flexibility index (Phi) is 5.18. The van der Waals surface area contributed by atoms with Gasteiger partial charge in [0.25, 0.3) is 5.78 Å². The van der Waals surface area contributed by atoms with E-state index in [9.17, 15) is 14.7 Å². The second-order valence-electron chi connectivity index (χ2n) is 7.78. The number of aromatic nitrogens is 1. The standard InChI is InChI=1S/C26H20N2O4S/c1-15-8-13-19-20(14-15)33-26(27-19)28-22(16-6-4-3-5-7-16)21(24(30)25(28)31)23(29)17-9-11-18(32-2)12-10-17/h3-14,22,29H,1-2H3/b23-21+. The summed E-state index contributed by atoms with van der Waals surface area (Å²) >= 11 is 1.35. The monoisotopic (exact) mass is 456 g/mol. The number of nitrogens with zero attached hydrogens (tertiary/aromatic N) is 2. The Bertz CT molecular complexity index is 1410. The Morgan fingerprint density at radius 1 is 1.03 bits per heavy atom. The molecule has 7 heteroatoms. The van der Waals surface area contributed by atoms with Crippen molar-refractivity contribution in [3.05, 3.63) is 95.1 Å². The fourth-order valence-corrected chi connectivity index (χ4v) is 5.10. The number of anilines is 1. The third-order valence-electron chi connectivity index (χ3n) is 5.66. The molecule has 0 spiro atoms. The normalized spacial score (nSPS) is 17.6. The predicted molar refractivity (Wildman–Crippen MR) is 129 cm³/mol. The number of ketones is 1. The number of methoxy groups -OCH3 is 1. The van der Waals surface area contributed by atoms with Crippen LogP contribution in [0.25, 0.3) is 16.0 Å². The molecule has 1 N–H and O–H groups in total. The third-order valence-corrected chi connectivity index (χ3v) is 6.68. The lowest BCUT2D eigenvalue weighted by Gasteiger charge is -2.22. The SMILES string of the molecule is COc1ccc(/C(O)=C2\C(=O)C(=O)N(c3nc4ccc(C)cc4s3)C2c2ccccc2)cc1. The second-order valence-corrected chi connectivity index (χ2v) is 8.79. The molecule has 1 saturated heterocycles. The van der Waals surface area contributed by atoms with E-state index >= 15 is 0 Å². The molecule has 0 aliphatic carbocycles. The topological polar surface area (TPSA) is 79.7 Å². The molecule has 1 aliphatic heterocycles. The number of thiazole rings is 1. The van der Waals surface area contributed by atoms with Gasteiger partial charge in [-0.2, -0.15) is 0 Å². The van der Waals surface area contributed by atoms with Gasteiger partial charge in [0.2, 0.25) is 0 Å². The highest BCUT2D eigenvalue weighted by atomic mass is 32.1. The summed E-state index contributed by atoms with van der Waals surface area (Å²) < 4.78 is 6.11. The van der Waals surface area contributed by atoms with E-state index in [1.54, 1.807) is 31.4 Å². The molecule has 0 saturated carbocycles. The third kappa shape index (κ3) is 3.56. The number of fused-ring (bicyclic) bond motifs is 1. The Hall–Kier alpha value is -3.97. The summed E-state index contributed by atoms with van der Waals surface area (Å²) in [7, 11) is 1.55. The number of hydrogen-bond acceptors (Lipinski definition) is 6. The molecule has 1 aromatic heterocycles. The number of rotatable bonds is 4. The molecule has 1 fully saturated rings. The number of ether oxygens (including phenoxy) is 1. The van der Waals surface area contributed by atoms with Crippen LogP contribution in [0, 0.1) is 6.92 Å². The fraction of sp³-hybridized carbons (Fsp3) is 0.115. The predicted octanol–water partition coefficient (Wildman–Crippen LogP) is 5.24. The van der Waals surface area contributed by atoms with Crippen LogP contribution in [0.3, 0.4) is 0 Å². The number of hydrogen-bond donors (Lipinski definition) is 1. The van der Waals surface area contributed by atoms with Crippen molar-refractivity contribution < 1.29 is 19.4 Å². The van der Waals surface area contributed by atoms with Crippen molar-refractivity contribution in [1.29, 1.82) is 0 Å².